The van der Waals surface area contributed by atoms with Crippen LogP contribution >= 0.6 is 0 Å². The van der Waals surface area contributed by atoms with Gasteiger partial charge in [-0.3, -0.25) is 4.79 Å². The Balaban J connectivity index is 1.48. The molecule has 9 heteroatoms. The molecule has 0 unspecified atom stereocenters. The second kappa shape index (κ2) is 11.1. The predicted molar refractivity (Wildman–Crippen MR) is 120 cm³/mol. The number of methoxy groups -OCH3 is 3. The number of carbonyl (C=O) groups excluding carboxylic acids is 1. The van der Waals surface area contributed by atoms with Gasteiger partial charge in [-0.05, 0) is 36.6 Å². The standard InChI is InChI=1S/C22H29N5O4/c1-29-17-12-16(13-18(30-2)22(17)31-3)6-7-21(28)24-9-8-23-19-14-20(26-15-25-19)27-10-4-5-11-27/h6-7,12-15H,4-5,8-11H2,1-3H3,(H,24,28)(H,23,25,26)/b7-6+. The Morgan fingerprint density at radius 3 is 2.39 bits per heavy atom. The van der Waals surface area contributed by atoms with Crippen LogP contribution in [0.15, 0.2) is 30.6 Å². The minimum atomic E-state index is -0.198. The lowest BCUT2D eigenvalue weighted by Crippen LogP contribution is -2.27. The molecule has 0 radical (unpaired) electrons. The number of hydrogen-bond acceptors (Lipinski definition) is 8. The molecule has 1 aliphatic heterocycles. The van der Waals surface area contributed by atoms with Crippen LogP contribution in [0.3, 0.4) is 0 Å². The van der Waals surface area contributed by atoms with Crippen LogP contribution in [0.1, 0.15) is 18.4 Å². The molecule has 3 rings (SSSR count). The molecule has 1 aromatic carbocycles. The highest BCUT2D eigenvalue weighted by atomic mass is 16.5. The van der Waals surface area contributed by atoms with Gasteiger partial charge < -0.3 is 29.7 Å². The predicted octanol–water partition coefficient (Wildman–Crippen LogP) is 2.34. The number of hydrogen-bond donors (Lipinski definition) is 2. The van der Waals surface area contributed by atoms with Crippen molar-refractivity contribution in [2.75, 3.05) is 57.7 Å². The van der Waals surface area contributed by atoms with Crippen molar-refractivity contribution in [2.24, 2.45) is 0 Å². The largest absolute Gasteiger partial charge is 0.493 e. The van der Waals surface area contributed by atoms with Crippen molar-refractivity contribution in [3.05, 3.63) is 36.2 Å². The van der Waals surface area contributed by atoms with E-state index in [1.807, 2.05) is 6.07 Å². The fourth-order valence-electron chi connectivity index (χ4n) is 3.37. The molecule has 0 saturated carbocycles. The molecule has 2 N–H and O–H groups in total. The van der Waals surface area contributed by atoms with E-state index in [2.05, 4.69) is 25.5 Å². The summed E-state index contributed by atoms with van der Waals surface area (Å²) in [5, 5.41) is 6.06. The van der Waals surface area contributed by atoms with Crippen molar-refractivity contribution in [2.45, 2.75) is 12.8 Å². The van der Waals surface area contributed by atoms with Gasteiger partial charge in [0.25, 0.3) is 0 Å². The Hall–Kier alpha value is -3.49. The molecule has 0 spiro atoms. The minimum Gasteiger partial charge on any atom is -0.493 e. The Morgan fingerprint density at radius 1 is 1.03 bits per heavy atom. The first-order valence-corrected chi connectivity index (χ1v) is 10.2. The van der Waals surface area contributed by atoms with Gasteiger partial charge in [-0.25, -0.2) is 9.97 Å². The third kappa shape index (κ3) is 6.00. The lowest BCUT2D eigenvalue weighted by molar-refractivity contribution is -0.116. The first kappa shape index (κ1) is 22.2. The molecule has 9 nitrogen and oxygen atoms in total. The molecule has 31 heavy (non-hydrogen) atoms. The molecule has 1 amide bonds. The van der Waals surface area contributed by atoms with E-state index in [0.29, 0.717) is 30.3 Å². The fraction of sp³-hybridized carbons (Fsp3) is 0.409. The Kier molecular flexibility index (Phi) is 7.91. The van der Waals surface area contributed by atoms with Crippen molar-refractivity contribution in [1.82, 2.24) is 15.3 Å². The Morgan fingerprint density at radius 2 is 1.74 bits per heavy atom. The third-order valence-electron chi connectivity index (χ3n) is 4.93. The van der Waals surface area contributed by atoms with Crippen LogP contribution in [0.2, 0.25) is 0 Å². The molecule has 1 aromatic heterocycles. The van der Waals surface area contributed by atoms with E-state index in [9.17, 15) is 4.79 Å². The summed E-state index contributed by atoms with van der Waals surface area (Å²) in [6.07, 6.45) is 7.12. The molecule has 1 aliphatic rings. The normalized spacial score (nSPS) is 13.3. The van der Waals surface area contributed by atoms with E-state index in [1.54, 1.807) is 45.9 Å². The fourth-order valence-corrected chi connectivity index (χ4v) is 3.37. The topological polar surface area (TPSA) is 97.8 Å². The number of benzene rings is 1. The van der Waals surface area contributed by atoms with Crippen molar-refractivity contribution >= 4 is 23.6 Å². The van der Waals surface area contributed by atoms with Crippen LogP contribution in [-0.2, 0) is 4.79 Å². The summed E-state index contributed by atoms with van der Waals surface area (Å²) < 4.78 is 16.0. The van der Waals surface area contributed by atoms with Crippen LogP contribution in [0.25, 0.3) is 6.08 Å². The Labute approximate surface area is 182 Å². The van der Waals surface area contributed by atoms with Crippen LogP contribution < -0.4 is 29.7 Å². The van der Waals surface area contributed by atoms with Gasteiger partial charge in [0.15, 0.2) is 11.5 Å². The molecule has 1 fully saturated rings. The SMILES string of the molecule is COc1cc(/C=C/C(=O)NCCNc2cc(N3CCCC3)ncn2)cc(OC)c1OC. The summed E-state index contributed by atoms with van der Waals surface area (Å²) in [7, 11) is 4.65. The molecule has 0 bridgehead atoms. The van der Waals surface area contributed by atoms with E-state index in [0.717, 1.165) is 30.3 Å². The second-order valence-corrected chi connectivity index (χ2v) is 6.97. The third-order valence-corrected chi connectivity index (χ3v) is 4.93. The number of amides is 1. The first-order chi connectivity index (χ1) is 15.1. The number of aromatic nitrogens is 2. The lowest BCUT2D eigenvalue weighted by atomic mass is 10.1. The van der Waals surface area contributed by atoms with E-state index in [-0.39, 0.29) is 5.91 Å². The van der Waals surface area contributed by atoms with Gasteiger partial charge in [-0.1, -0.05) is 0 Å². The van der Waals surface area contributed by atoms with Crippen LogP contribution in [0, 0.1) is 0 Å². The summed E-state index contributed by atoms with van der Waals surface area (Å²) in [6.45, 7) is 3.08. The van der Waals surface area contributed by atoms with Gasteiger partial charge in [-0.15, -0.1) is 0 Å². The zero-order valence-electron chi connectivity index (χ0n) is 18.2. The molecule has 0 aliphatic carbocycles. The molecule has 166 valence electrons. The lowest BCUT2D eigenvalue weighted by Gasteiger charge is -2.16. The molecule has 0 atom stereocenters. The maximum absolute atomic E-state index is 12.1. The second-order valence-electron chi connectivity index (χ2n) is 6.97. The smallest absolute Gasteiger partial charge is 0.244 e. The number of nitrogens with one attached hydrogen (secondary N) is 2. The molecule has 2 aromatic rings. The first-order valence-electron chi connectivity index (χ1n) is 10.2. The molecular formula is C22H29N5O4. The Bertz CT molecular complexity index is 888. The van der Waals surface area contributed by atoms with Gasteiger partial charge in [0.2, 0.25) is 11.7 Å². The van der Waals surface area contributed by atoms with Gasteiger partial charge in [-0.2, -0.15) is 0 Å². The van der Waals surface area contributed by atoms with Gasteiger partial charge in [0.1, 0.15) is 18.0 Å². The molecule has 1 saturated heterocycles. The van der Waals surface area contributed by atoms with Crippen LogP contribution in [0.4, 0.5) is 11.6 Å². The maximum atomic E-state index is 12.1. The van der Waals surface area contributed by atoms with Crippen molar-refractivity contribution in [3.63, 3.8) is 0 Å². The van der Waals surface area contributed by atoms with Crippen LogP contribution in [0.5, 0.6) is 17.2 Å². The summed E-state index contributed by atoms with van der Waals surface area (Å²) in [5.41, 5.74) is 0.762. The van der Waals surface area contributed by atoms with E-state index < -0.39 is 0 Å². The van der Waals surface area contributed by atoms with Crippen molar-refractivity contribution < 1.29 is 19.0 Å². The highest BCUT2D eigenvalue weighted by Crippen LogP contribution is 2.38. The van der Waals surface area contributed by atoms with Gasteiger partial charge in [0, 0.05) is 38.3 Å². The van der Waals surface area contributed by atoms with Crippen molar-refractivity contribution in [1.29, 1.82) is 0 Å². The number of nitrogens with zero attached hydrogens (tertiary/aromatic N) is 3. The van der Waals surface area contributed by atoms with Crippen molar-refractivity contribution in [3.8, 4) is 17.2 Å². The summed E-state index contributed by atoms with van der Waals surface area (Å²) in [6, 6.07) is 5.50. The summed E-state index contributed by atoms with van der Waals surface area (Å²) in [5.74, 6) is 3.06. The minimum absolute atomic E-state index is 0.198. The average Bonchev–Trinajstić information content (AvgIpc) is 3.35. The monoisotopic (exact) mass is 427 g/mol. The van der Waals surface area contributed by atoms with E-state index in [4.69, 9.17) is 14.2 Å². The zero-order chi connectivity index (χ0) is 22.1. The zero-order valence-corrected chi connectivity index (χ0v) is 18.2. The highest BCUT2D eigenvalue weighted by molar-refractivity contribution is 5.91. The highest BCUT2D eigenvalue weighted by Gasteiger charge is 2.14. The number of ether oxygens (including phenoxy) is 3. The number of anilines is 2. The summed E-state index contributed by atoms with van der Waals surface area (Å²) >= 11 is 0. The number of carbonyl (C=O) groups is 1. The quantitative estimate of drug-likeness (QED) is 0.441. The van der Waals surface area contributed by atoms with Gasteiger partial charge in [0.05, 0.1) is 21.3 Å². The van der Waals surface area contributed by atoms with E-state index in [1.165, 1.54) is 18.9 Å². The number of rotatable bonds is 10. The maximum Gasteiger partial charge on any atom is 0.244 e. The van der Waals surface area contributed by atoms with E-state index >= 15 is 0 Å². The van der Waals surface area contributed by atoms with Crippen LogP contribution in [-0.4, -0.2) is 63.4 Å². The van der Waals surface area contributed by atoms with Gasteiger partial charge >= 0.3 is 0 Å². The average molecular weight is 428 g/mol. The summed E-state index contributed by atoms with van der Waals surface area (Å²) in [4.78, 5) is 23.0. The molecular weight excluding hydrogens is 398 g/mol. The molecule has 2 heterocycles.